The van der Waals surface area contributed by atoms with E-state index in [1.807, 2.05) is 0 Å². The highest BCUT2D eigenvalue weighted by molar-refractivity contribution is 6.06. The molecule has 3 rings (SSSR count). The molecule has 0 saturated carbocycles. The summed E-state index contributed by atoms with van der Waals surface area (Å²) in [5, 5.41) is 5.71. The second kappa shape index (κ2) is 10.6. The molecule has 0 aliphatic carbocycles. The summed E-state index contributed by atoms with van der Waals surface area (Å²) < 4.78 is 16.1. The molecule has 1 unspecified atom stereocenters. The number of methoxy groups -OCH3 is 1. The van der Waals surface area contributed by atoms with Crippen molar-refractivity contribution in [3.05, 3.63) is 59.7 Å². The fourth-order valence-corrected chi connectivity index (χ4v) is 3.07. The Kier molecular flexibility index (Phi) is 7.61. The standard InChI is InChI=1S/C22H26N2O5/c1-27-12-13-29-20-10-3-2-9-19(20)22(26)24-17-7-4-6-16(14-17)21(25)23-15-18-8-5-11-28-18/h2-4,6-7,9-10,14,18H,5,8,11-13,15H2,1H3,(H,23,25)(H,24,26). The first-order chi connectivity index (χ1) is 14.2. The van der Waals surface area contributed by atoms with Crippen molar-refractivity contribution in [2.45, 2.75) is 18.9 Å². The van der Waals surface area contributed by atoms with Crippen LogP contribution in [0.15, 0.2) is 48.5 Å². The van der Waals surface area contributed by atoms with E-state index in [1.54, 1.807) is 55.6 Å². The van der Waals surface area contributed by atoms with E-state index in [2.05, 4.69) is 10.6 Å². The van der Waals surface area contributed by atoms with Gasteiger partial charge >= 0.3 is 0 Å². The molecular weight excluding hydrogens is 372 g/mol. The molecule has 1 heterocycles. The first-order valence-electron chi connectivity index (χ1n) is 9.69. The fraction of sp³-hybridized carbons (Fsp3) is 0.364. The minimum Gasteiger partial charge on any atom is -0.490 e. The number of nitrogens with one attached hydrogen (secondary N) is 2. The van der Waals surface area contributed by atoms with Crippen LogP contribution >= 0.6 is 0 Å². The topological polar surface area (TPSA) is 85.9 Å². The molecule has 0 bridgehead atoms. The van der Waals surface area contributed by atoms with E-state index < -0.39 is 0 Å². The zero-order chi connectivity index (χ0) is 20.5. The minimum atomic E-state index is -0.310. The normalized spacial score (nSPS) is 15.7. The lowest BCUT2D eigenvalue weighted by molar-refractivity contribution is 0.0857. The van der Waals surface area contributed by atoms with Gasteiger partial charge in [0.15, 0.2) is 0 Å². The van der Waals surface area contributed by atoms with E-state index in [4.69, 9.17) is 14.2 Å². The van der Waals surface area contributed by atoms with Crippen LogP contribution in [0.3, 0.4) is 0 Å². The summed E-state index contributed by atoms with van der Waals surface area (Å²) in [4.78, 5) is 25.1. The molecular formula is C22H26N2O5. The third-order valence-electron chi connectivity index (χ3n) is 4.57. The zero-order valence-electron chi connectivity index (χ0n) is 16.5. The number of hydrogen-bond donors (Lipinski definition) is 2. The maximum Gasteiger partial charge on any atom is 0.259 e. The van der Waals surface area contributed by atoms with E-state index >= 15 is 0 Å². The van der Waals surface area contributed by atoms with E-state index in [0.717, 1.165) is 19.4 Å². The van der Waals surface area contributed by atoms with Crippen LogP contribution in [0.4, 0.5) is 5.69 Å². The summed E-state index contributed by atoms with van der Waals surface area (Å²) in [7, 11) is 1.59. The minimum absolute atomic E-state index is 0.0800. The molecule has 1 fully saturated rings. The number of anilines is 1. The molecule has 0 radical (unpaired) electrons. The van der Waals surface area contributed by atoms with Crippen molar-refractivity contribution in [3.63, 3.8) is 0 Å². The van der Waals surface area contributed by atoms with Gasteiger partial charge in [-0.25, -0.2) is 0 Å². The van der Waals surface area contributed by atoms with Gasteiger partial charge in [-0.2, -0.15) is 0 Å². The van der Waals surface area contributed by atoms with Crippen molar-refractivity contribution in [2.75, 3.05) is 38.8 Å². The summed E-state index contributed by atoms with van der Waals surface area (Å²) in [5.41, 5.74) is 1.42. The first kappa shape index (κ1) is 20.8. The Morgan fingerprint density at radius 2 is 1.97 bits per heavy atom. The molecule has 2 aromatic carbocycles. The number of para-hydroxylation sites is 1. The second-order valence-electron chi connectivity index (χ2n) is 6.72. The Bertz CT molecular complexity index is 833. The van der Waals surface area contributed by atoms with Gasteiger partial charge in [-0.3, -0.25) is 9.59 Å². The molecule has 1 atom stereocenters. The smallest absolute Gasteiger partial charge is 0.259 e. The molecule has 29 heavy (non-hydrogen) atoms. The van der Waals surface area contributed by atoms with Crippen molar-refractivity contribution in [3.8, 4) is 5.75 Å². The lowest BCUT2D eigenvalue weighted by Crippen LogP contribution is -2.31. The van der Waals surface area contributed by atoms with Gasteiger partial charge in [0.25, 0.3) is 11.8 Å². The number of carbonyl (C=O) groups excluding carboxylic acids is 2. The molecule has 0 aromatic heterocycles. The quantitative estimate of drug-likeness (QED) is 0.635. The first-order valence-corrected chi connectivity index (χ1v) is 9.69. The number of hydrogen-bond acceptors (Lipinski definition) is 5. The molecule has 7 nitrogen and oxygen atoms in total. The number of ether oxygens (including phenoxy) is 3. The monoisotopic (exact) mass is 398 g/mol. The van der Waals surface area contributed by atoms with E-state index in [9.17, 15) is 9.59 Å². The van der Waals surface area contributed by atoms with Crippen molar-refractivity contribution in [1.29, 1.82) is 0 Å². The molecule has 1 aliphatic rings. The van der Waals surface area contributed by atoms with Gasteiger partial charge < -0.3 is 24.8 Å². The van der Waals surface area contributed by atoms with Crippen molar-refractivity contribution >= 4 is 17.5 Å². The molecule has 1 aliphatic heterocycles. The number of benzene rings is 2. The van der Waals surface area contributed by atoms with Crippen molar-refractivity contribution < 1.29 is 23.8 Å². The fourth-order valence-electron chi connectivity index (χ4n) is 3.07. The largest absolute Gasteiger partial charge is 0.490 e. The summed E-state index contributed by atoms with van der Waals surface area (Å²) >= 11 is 0. The van der Waals surface area contributed by atoms with Gasteiger partial charge in [-0.15, -0.1) is 0 Å². The third kappa shape index (κ3) is 6.04. The van der Waals surface area contributed by atoms with Gasteiger partial charge in [0.05, 0.1) is 18.3 Å². The van der Waals surface area contributed by atoms with Gasteiger partial charge in [0, 0.05) is 31.5 Å². The van der Waals surface area contributed by atoms with Crippen LogP contribution in [-0.4, -0.2) is 51.4 Å². The second-order valence-corrected chi connectivity index (χ2v) is 6.72. The molecule has 7 heteroatoms. The summed E-state index contributed by atoms with van der Waals surface area (Å²) in [6.07, 6.45) is 2.07. The number of amides is 2. The summed E-state index contributed by atoms with van der Waals surface area (Å²) in [6.45, 7) is 2.01. The molecule has 1 saturated heterocycles. The summed E-state index contributed by atoms with van der Waals surface area (Å²) in [5.74, 6) is -0.0256. The Hall–Kier alpha value is -2.90. The maximum absolute atomic E-state index is 12.7. The van der Waals surface area contributed by atoms with Crippen LogP contribution in [0, 0.1) is 0 Å². The van der Waals surface area contributed by atoms with Gasteiger partial charge in [-0.05, 0) is 43.2 Å². The average molecular weight is 398 g/mol. The lowest BCUT2D eigenvalue weighted by Gasteiger charge is -2.13. The predicted octanol–water partition coefficient (Wildman–Crippen LogP) is 2.87. The lowest BCUT2D eigenvalue weighted by atomic mass is 10.1. The number of carbonyl (C=O) groups is 2. The number of rotatable bonds is 9. The molecule has 2 aromatic rings. The van der Waals surface area contributed by atoms with Crippen LogP contribution in [0.2, 0.25) is 0 Å². The summed E-state index contributed by atoms with van der Waals surface area (Å²) in [6, 6.07) is 13.8. The third-order valence-corrected chi connectivity index (χ3v) is 4.57. The molecule has 0 spiro atoms. The van der Waals surface area contributed by atoms with E-state index in [1.165, 1.54) is 0 Å². The van der Waals surface area contributed by atoms with Crippen LogP contribution in [0.5, 0.6) is 5.75 Å². The Morgan fingerprint density at radius 3 is 2.76 bits per heavy atom. The zero-order valence-corrected chi connectivity index (χ0v) is 16.5. The van der Waals surface area contributed by atoms with Crippen LogP contribution in [0.1, 0.15) is 33.6 Å². The van der Waals surface area contributed by atoms with Crippen molar-refractivity contribution in [1.82, 2.24) is 5.32 Å². The van der Waals surface area contributed by atoms with Gasteiger partial charge in [0.1, 0.15) is 12.4 Å². The Labute approximate surface area is 170 Å². The van der Waals surface area contributed by atoms with E-state index in [-0.39, 0.29) is 17.9 Å². The molecule has 2 amide bonds. The van der Waals surface area contributed by atoms with Crippen LogP contribution in [-0.2, 0) is 9.47 Å². The van der Waals surface area contributed by atoms with Crippen molar-refractivity contribution in [2.24, 2.45) is 0 Å². The average Bonchev–Trinajstić information content (AvgIpc) is 3.26. The molecule has 2 N–H and O–H groups in total. The highest BCUT2D eigenvalue weighted by atomic mass is 16.5. The molecule has 154 valence electrons. The Morgan fingerprint density at radius 1 is 1.10 bits per heavy atom. The highest BCUT2D eigenvalue weighted by Gasteiger charge is 2.17. The SMILES string of the molecule is COCCOc1ccccc1C(=O)Nc1cccc(C(=O)NCC2CCCO2)c1. The van der Waals surface area contributed by atoms with Crippen LogP contribution < -0.4 is 15.4 Å². The van der Waals surface area contributed by atoms with Gasteiger partial charge in [0.2, 0.25) is 0 Å². The highest BCUT2D eigenvalue weighted by Crippen LogP contribution is 2.20. The Balaban J connectivity index is 1.62. The van der Waals surface area contributed by atoms with E-state index in [0.29, 0.717) is 42.3 Å². The maximum atomic E-state index is 12.7. The van der Waals surface area contributed by atoms with Crippen LogP contribution in [0.25, 0.3) is 0 Å². The van der Waals surface area contributed by atoms with Gasteiger partial charge in [-0.1, -0.05) is 18.2 Å². The predicted molar refractivity (Wildman–Crippen MR) is 110 cm³/mol.